The van der Waals surface area contributed by atoms with Crippen LogP contribution in [0.4, 0.5) is 5.69 Å². The third kappa shape index (κ3) is 3.60. The standard InChI is InChI=1S/C21H14ClN3O2S/c22-19-9-8-18(28-19)17-11-15(14-6-1-2-7-16(14)25-17)21(27)24-13-5-3-4-12(10-13)20(23)26/h1-11H,(H2,23,26)(H,24,27). The number of rotatable bonds is 4. The van der Waals surface area contributed by atoms with Gasteiger partial charge >= 0.3 is 0 Å². The number of primary amides is 1. The minimum atomic E-state index is -0.553. The van der Waals surface area contributed by atoms with Crippen LogP contribution in [0.3, 0.4) is 0 Å². The number of amides is 2. The second kappa shape index (κ2) is 7.42. The Morgan fingerprint density at radius 1 is 1.00 bits per heavy atom. The number of benzene rings is 2. The molecule has 5 nitrogen and oxygen atoms in total. The average Bonchev–Trinajstić information content (AvgIpc) is 3.13. The maximum Gasteiger partial charge on any atom is 0.256 e. The van der Waals surface area contributed by atoms with E-state index in [2.05, 4.69) is 10.3 Å². The van der Waals surface area contributed by atoms with Crippen molar-refractivity contribution >= 4 is 51.3 Å². The zero-order valence-corrected chi connectivity index (χ0v) is 16.1. The van der Waals surface area contributed by atoms with Gasteiger partial charge in [-0.3, -0.25) is 9.59 Å². The molecule has 0 aliphatic carbocycles. The fourth-order valence-corrected chi connectivity index (χ4v) is 3.89. The minimum Gasteiger partial charge on any atom is -0.366 e. The van der Waals surface area contributed by atoms with Crippen LogP contribution in [0, 0.1) is 0 Å². The number of thiophene rings is 1. The number of hydrogen-bond donors (Lipinski definition) is 2. The number of halogens is 1. The molecule has 0 fully saturated rings. The fraction of sp³-hybridized carbons (Fsp3) is 0. The molecule has 2 aromatic heterocycles. The molecule has 2 heterocycles. The van der Waals surface area contributed by atoms with Crippen LogP contribution >= 0.6 is 22.9 Å². The van der Waals surface area contributed by atoms with Crippen molar-refractivity contribution in [2.45, 2.75) is 0 Å². The van der Waals surface area contributed by atoms with Crippen molar-refractivity contribution in [2.24, 2.45) is 5.73 Å². The van der Waals surface area contributed by atoms with Crippen molar-refractivity contribution in [3.05, 3.63) is 82.2 Å². The van der Waals surface area contributed by atoms with E-state index in [0.717, 1.165) is 10.3 Å². The monoisotopic (exact) mass is 407 g/mol. The summed E-state index contributed by atoms with van der Waals surface area (Å²) >= 11 is 7.45. The van der Waals surface area contributed by atoms with Crippen molar-refractivity contribution in [3.8, 4) is 10.6 Å². The first-order chi connectivity index (χ1) is 13.5. The van der Waals surface area contributed by atoms with Crippen LogP contribution in [0.15, 0.2) is 66.7 Å². The summed E-state index contributed by atoms with van der Waals surface area (Å²) in [6, 6.07) is 19.4. The fourth-order valence-electron chi connectivity index (χ4n) is 2.89. The zero-order chi connectivity index (χ0) is 19.7. The number of hydrogen-bond acceptors (Lipinski definition) is 4. The number of carbonyl (C=O) groups excluding carboxylic acids is 2. The molecule has 4 aromatic rings. The second-order valence-electron chi connectivity index (χ2n) is 6.08. The third-order valence-corrected chi connectivity index (χ3v) is 5.45. The number of nitrogens with two attached hydrogens (primary N) is 1. The van der Waals surface area contributed by atoms with E-state index in [1.54, 1.807) is 36.4 Å². The Labute approximate surface area is 169 Å². The predicted octanol–water partition coefficient (Wildman–Crippen LogP) is 4.97. The van der Waals surface area contributed by atoms with E-state index in [9.17, 15) is 9.59 Å². The van der Waals surface area contributed by atoms with Crippen LogP contribution in [0.1, 0.15) is 20.7 Å². The minimum absolute atomic E-state index is 0.302. The molecule has 4 rings (SSSR count). The van der Waals surface area contributed by atoms with Gasteiger partial charge in [0.25, 0.3) is 5.91 Å². The average molecular weight is 408 g/mol. The van der Waals surface area contributed by atoms with E-state index in [1.807, 2.05) is 30.3 Å². The molecular weight excluding hydrogens is 394 g/mol. The summed E-state index contributed by atoms with van der Waals surface area (Å²) < 4.78 is 0.652. The van der Waals surface area contributed by atoms with E-state index in [4.69, 9.17) is 17.3 Å². The Kier molecular flexibility index (Phi) is 4.81. The van der Waals surface area contributed by atoms with E-state index >= 15 is 0 Å². The lowest BCUT2D eigenvalue weighted by molar-refractivity contribution is 0.0996. The van der Waals surface area contributed by atoms with Gasteiger partial charge in [-0.1, -0.05) is 35.9 Å². The van der Waals surface area contributed by atoms with Gasteiger partial charge in [-0.2, -0.15) is 0 Å². The highest BCUT2D eigenvalue weighted by Crippen LogP contribution is 2.32. The number of pyridine rings is 1. The molecule has 0 atom stereocenters. The Bertz CT molecular complexity index is 1220. The van der Waals surface area contributed by atoms with Crippen LogP contribution in [-0.2, 0) is 0 Å². The summed E-state index contributed by atoms with van der Waals surface area (Å²) in [5, 5.41) is 3.57. The second-order valence-corrected chi connectivity index (χ2v) is 7.79. The number of aromatic nitrogens is 1. The lowest BCUT2D eigenvalue weighted by Crippen LogP contribution is -2.15. The Morgan fingerprint density at radius 2 is 1.82 bits per heavy atom. The number of anilines is 1. The maximum absolute atomic E-state index is 13.0. The van der Waals surface area contributed by atoms with Crippen LogP contribution in [0.2, 0.25) is 4.34 Å². The summed E-state index contributed by atoms with van der Waals surface area (Å²) in [6.07, 6.45) is 0. The van der Waals surface area contributed by atoms with Gasteiger partial charge in [0, 0.05) is 16.6 Å². The van der Waals surface area contributed by atoms with Gasteiger partial charge < -0.3 is 11.1 Å². The first-order valence-corrected chi connectivity index (χ1v) is 9.57. The third-order valence-electron chi connectivity index (χ3n) is 4.19. The molecule has 7 heteroatoms. The molecule has 2 aromatic carbocycles. The molecule has 0 saturated heterocycles. The van der Waals surface area contributed by atoms with Crippen LogP contribution in [-0.4, -0.2) is 16.8 Å². The van der Waals surface area contributed by atoms with E-state index in [0.29, 0.717) is 32.4 Å². The van der Waals surface area contributed by atoms with Crippen LogP contribution in [0.25, 0.3) is 21.5 Å². The highest BCUT2D eigenvalue weighted by atomic mass is 35.5. The molecule has 2 amide bonds. The van der Waals surface area contributed by atoms with Gasteiger partial charge in [0.05, 0.1) is 26.0 Å². The summed E-state index contributed by atoms with van der Waals surface area (Å²) in [6.45, 7) is 0. The number of para-hydroxylation sites is 1. The van der Waals surface area contributed by atoms with Crippen molar-refractivity contribution in [3.63, 3.8) is 0 Å². The van der Waals surface area contributed by atoms with Crippen molar-refractivity contribution in [1.82, 2.24) is 4.98 Å². The van der Waals surface area contributed by atoms with Crippen molar-refractivity contribution in [1.29, 1.82) is 0 Å². The normalized spacial score (nSPS) is 10.8. The summed E-state index contributed by atoms with van der Waals surface area (Å²) in [7, 11) is 0. The molecule has 0 spiro atoms. The highest BCUT2D eigenvalue weighted by molar-refractivity contribution is 7.19. The lowest BCUT2D eigenvalue weighted by atomic mass is 10.1. The van der Waals surface area contributed by atoms with Crippen LogP contribution < -0.4 is 11.1 Å². The number of nitrogens with zero attached hydrogens (tertiary/aromatic N) is 1. The number of nitrogens with one attached hydrogen (secondary N) is 1. The molecular formula is C21H14ClN3O2S. The van der Waals surface area contributed by atoms with Gasteiger partial charge in [0.15, 0.2) is 0 Å². The summed E-state index contributed by atoms with van der Waals surface area (Å²) in [5.74, 6) is -0.855. The molecule has 138 valence electrons. The van der Waals surface area contributed by atoms with Gasteiger partial charge in [0.2, 0.25) is 5.91 Å². The number of carbonyl (C=O) groups is 2. The first-order valence-electron chi connectivity index (χ1n) is 8.38. The maximum atomic E-state index is 13.0. The Hall–Kier alpha value is -3.22. The van der Waals surface area contributed by atoms with Crippen LogP contribution in [0.5, 0.6) is 0 Å². The Morgan fingerprint density at radius 3 is 2.57 bits per heavy atom. The molecule has 0 unspecified atom stereocenters. The Balaban J connectivity index is 1.77. The first kappa shape index (κ1) is 18.2. The molecule has 0 bridgehead atoms. The van der Waals surface area contributed by atoms with E-state index in [1.165, 1.54) is 11.3 Å². The lowest BCUT2D eigenvalue weighted by Gasteiger charge is -2.10. The van der Waals surface area contributed by atoms with Gasteiger partial charge in [0.1, 0.15) is 0 Å². The van der Waals surface area contributed by atoms with Crippen molar-refractivity contribution < 1.29 is 9.59 Å². The zero-order valence-electron chi connectivity index (χ0n) is 14.5. The topological polar surface area (TPSA) is 85.1 Å². The SMILES string of the molecule is NC(=O)c1cccc(NC(=O)c2cc(-c3ccc(Cl)s3)nc3ccccc23)c1. The summed E-state index contributed by atoms with van der Waals surface area (Å²) in [5.41, 5.74) is 7.99. The van der Waals surface area contributed by atoms with Gasteiger partial charge in [-0.25, -0.2) is 4.98 Å². The molecule has 3 N–H and O–H groups in total. The molecule has 0 aliphatic rings. The van der Waals surface area contributed by atoms with Gasteiger partial charge in [-0.05, 0) is 42.5 Å². The molecule has 0 radical (unpaired) electrons. The van der Waals surface area contributed by atoms with Crippen molar-refractivity contribution in [2.75, 3.05) is 5.32 Å². The smallest absolute Gasteiger partial charge is 0.256 e. The van der Waals surface area contributed by atoms with E-state index < -0.39 is 5.91 Å². The molecule has 28 heavy (non-hydrogen) atoms. The highest BCUT2D eigenvalue weighted by Gasteiger charge is 2.15. The predicted molar refractivity (Wildman–Crippen MR) is 113 cm³/mol. The molecule has 0 aliphatic heterocycles. The summed E-state index contributed by atoms with van der Waals surface area (Å²) in [4.78, 5) is 29.9. The van der Waals surface area contributed by atoms with Gasteiger partial charge in [-0.15, -0.1) is 11.3 Å². The molecule has 0 saturated carbocycles. The number of fused-ring (bicyclic) bond motifs is 1. The largest absolute Gasteiger partial charge is 0.366 e. The van der Waals surface area contributed by atoms with E-state index in [-0.39, 0.29) is 5.91 Å². The quantitative estimate of drug-likeness (QED) is 0.501.